The first-order valence-corrected chi connectivity index (χ1v) is 12.5. The first kappa shape index (κ1) is 25.3. The summed E-state index contributed by atoms with van der Waals surface area (Å²) in [5.41, 5.74) is 1.20. The van der Waals surface area contributed by atoms with Crippen molar-refractivity contribution in [3.8, 4) is 5.75 Å². The molecule has 184 valence electrons. The molecule has 0 aliphatic carbocycles. The van der Waals surface area contributed by atoms with Crippen LogP contribution < -0.4 is 10.1 Å². The number of nitrogens with one attached hydrogen (secondary N) is 1. The fourth-order valence-corrected chi connectivity index (χ4v) is 4.56. The summed E-state index contributed by atoms with van der Waals surface area (Å²) in [5.74, 6) is -0.526. The molecule has 4 aromatic carbocycles. The first-order chi connectivity index (χ1) is 17.5. The number of hydrogen-bond acceptors (Lipinski definition) is 5. The lowest BCUT2D eigenvalue weighted by Crippen LogP contribution is -2.16. The number of carboxylic acid groups (broad SMARTS) is 1. The number of carbonyl (C=O) groups excluding carboxylic acids is 1. The van der Waals surface area contributed by atoms with Crippen LogP contribution in [-0.4, -0.2) is 36.8 Å². The number of amides is 1. The van der Waals surface area contributed by atoms with E-state index in [4.69, 9.17) is 9.47 Å². The molecule has 0 aliphatic heterocycles. The van der Waals surface area contributed by atoms with Crippen LogP contribution in [0.4, 0.5) is 5.69 Å². The van der Waals surface area contributed by atoms with Crippen molar-refractivity contribution in [2.24, 2.45) is 0 Å². The summed E-state index contributed by atoms with van der Waals surface area (Å²) < 4.78 is 11.1. The monoisotopic (exact) mass is 501 g/mol. The summed E-state index contributed by atoms with van der Waals surface area (Å²) in [6.45, 7) is 3.73. The van der Waals surface area contributed by atoms with Gasteiger partial charge in [0, 0.05) is 16.4 Å². The van der Waals surface area contributed by atoms with E-state index in [0.717, 1.165) is 31.9 Å². The second-order valence-corrected chi connectivity index (χ2v) is 9.18. The Morgan fingerprint density at radius 1 is 0.861 bits per heavy atom. The molecule has 1 amide bonds. The normalized spacial score (nSPS) is 10.8. The van der Waals surface area contributed by atoms with Gasteiger partial charge in [-0.1, -0.05) is 48.2 Å². The number of fused-ring (bicyclic) bond motifs is 1. The lowest BCUT2D eigenvalue weighted by molar-refractivity contribution is -0.115. The molecular formula is C29H27NO5S. The molecule has 4 aromatic rings. The molecule has 0 fully saturated rings. The Morgan fingerprint density at radius 2 is 1.61 bits per heavy atom. The Bertz CT molecular complexity index is 1350. The largest absolute Gasteiger partial charge is 0.491 e. The van der Waals surface area contributed by atoms with E-state index in [0.29, 0.717) is 25.5 Å². The quantitative estimate of drug-likeness (QED) is 0.235. The van der Waals surface area contributed by atoms with Crippen molar-refractivity contribution in [2.45, 2.75) is 23.1 Å². The second-order valence-electron chi connectivity index (χ2n) is 8.04. The second kappa shape index (κ2) is 12.2. The van der Waals surface area contributed by atoms with Crippen LogP contribution in [0.3, 0.4) is 0 Å². The van der Waals surface area contributed by atoms with Gasteiger partial charge in [-0.2, -0.15) is 0 Å². The molecule has 36 heavy (non-hydrogen) atoms. The van der Waals surface area contributed by atoms with Crippen molar-refractivity contribution >= 4 is 40.1 Å². The van der Waals surface area contributed by atoms with Crippen molar-refractivity contribution in [1.29, 1.82) is 0 Å². The van der Waals surface area contributed by atoms with Gasteiger partial charge in [-0.15, -0.1) is 0 Å². The molecule has 0 heterocycles. The summed E-state index contributed by atoms with van der Waals surface area (Å²) in [6.07, 6.45) is 0.154. The number of benzene rings is 4. The fourth-order valence-electron chi connectivity index (χ4n) is 3.69. The van der Waals surface area contributed by atoms with Crippen LogP contribution >= 0.6 is 11.8 Å². The molecule has 0 aromatic heterocycles. The van der Waals surface area contributed by atoms with Gasteiger partial charge in [-0.25, -0.2) is 4.79 Å². The Hall–Kier alpha value is -3.81. The molecular weight excluding hydrogens is 474 g/mol. The molecule has 0 saturated heterocycles. The topological polar surface area (TPSA) is 84.9 Å². The number of aromatic carboxylic acids is 1. The lowest BCUT2D eigenvalue weighted by atomic mass is 10.1. The maximum Gasteiger partial charge on any atom is 0.337 e. The van der Waals surface area contributed by atoms with Gasteiger partial charge in [-0.3, -0.25) is 4.79 Å². The maximum atomic E-state index is 12.5. The summed E-state index contributed by atoms with van der Waals surface area (Å²) in [4.78, 5) is 26.0. The Balaban J connectivity index is 1.37. The summed E-state index contributed by atoms with van der Waals surface area (Å²) in [5, 5.41) is 14.2. The Kier molecular flexibility index (Phi) is 8.60. The molecule has 6 nitrogen and oxygen atoms in total. The van der Waals surface area contributed by atoms with Crippen molar-refractivity contribution in [3.05, 3.63) is 96.1 Å². The molecule has 4 rings (SSSR count). The number of ether oxygens (including phenoxy) is 2. The third-order valence-corrected chi connectivity index (χ3v) is 6.44. The smallest absolute Gasteiger partial charge is 0.337 e. The van der Waals surface area contributed by atoms with E-state index >= 15 is 0 Å². The van der Waals surface area contributed by atoms with E-state index < -0.39 is 5.97 Å². The van der Waals surface area contributed by atoms with Gasteiger partial charge in [0.15, 0.2) is 0 Å². The lowest BCUT2D eigenvalue weighted by Gasteiger charge is -2.09. The zero-order valence-corrected chi connectivity index (χ0v) is 20.7. The Morgan fingerprint density at radius 3 is 2.39 bits per heavy atom. The first-order valence-electron chi connectivity index (χ1n) is 11.6. The van der Waals surface area contributed by atoms with Crippen molar-refractivity contribution < 1.29 is 24.2 Å². The molecule has 7 heteroatoms. The van der Waals surface area contributed by atoms with E-state index in [1.54, 1.807) is 30.0 Å². The number of hydrogen-bond donors (Lipinski definition) is 2. The van der Waals surface area contributed by atoms with E-state index in [2.05, 4.69) is 29.6 Å². The molecule has 0 atom stereocenters. The van der Waals surface area contributed by atoms with Gasteiger partial charge in [-0.05, 0) is 71.8 Å². The number of carbonyl (C=O) groups is 2. The molecule has 0 radical (unpaired) electrons. The summed E-state index contributed by atoms with van der Waals surface area (Å²) in [7, 11) is 0. The average molecular weight is 502 g/mol. The molecule has 0 aliphatic rings. The van der Waals surface area contributed by atoms with Gasteiger partial charge in [0.1, 0.15) is 12.4 Å². The SMILES string of the molecule is CCOCCOc1ccc2ccc(Sc3ccc(CC(=O)Nc4ccccc4C(=O)O)cc3)cc2c1. The minimum Gasteiger partial charge on any atom is -0.491 e. The van der Waals surface area contributed by atoms with E-state index in [1.165, 1.54) is 6.07 Å². The van der Waals surface area contributed by atoms with Gasteiger partial charge in [0.05, 0.1) is 24.3 Å². The highest BCUT2D eigenvalue weighted by Crippen LogP contribution is 2.31. The van der Waals surface area contributed by atoms with Crippen LogP contribution in [0.25, 0.3) is 10.8 Å². The van der Waals surface area contributed by atoms with E-state index in [9.17, 15) is 14.7 Å². The van der Waals surface area contributed by atoms with Crippen molar-refractivity contribution in [3.63, 3.8) is 0 Å². The van der Waals surface area contributed by atoms with Gasteiger partial charge >= 0.3 is 5.97 Å². The van der Waals surface area contributed by atoms with Gasteiger partial charge in [0.25, 0.3) is 0 Å². The predicted molar refractivity (Wildman–Crippen MR) is 142 cm³/mol. The van der Waals surface area contributed by atoms with E-state index in [1.807, 2.05) is 43.3 Å². The fraction of sp³-hybridized carbons (Fsp3) is 0.172. The molecule has 0 spiro atoms. The third kappa shape index (κ3) is 6.87. The number of carboxylic acids is 1. The highest BCUT2D eigenvalue weighted by Gasteiger charge is 2.12. The van der Waals surface area contributed by atoms with Gasteiger partial charge in [0.2, 0.25) is 5.91 Å². The number of rotatable bonds is 11. The van der Waals surface area contributed by atoms with E-state index in [-0.39, 0.29) is 17.9 Å². The molecule has 0 bridgehead atoms. The predicted octanol–water partition coefficient (Wildman–Crippen LogP) is 6.29. The molecule has 2 N–H and O–H groups in total. The zero-order chi connectivity index (χ0) is 25.3. The summed E-state index contributed by atoms with van der Waals surface area (Å²) >= 11 is 1.64. The Labute approximate surface area is 214 Å². The van der Waals surface area contributed by atoms with Crippen molar-refractivity contribution in [1.82, 2.24) is 0 Å². The van der Waals surface area contributed by atoms with Crippen LogP contribution in [0.5, 0.6) is 5.75 Å². The minimum absolute atomic E-state index is 0.0668. The zero-order valence-electron chi connectivity index (χ0n) is 19.9. The number of anilines is 1. The molecule has 0 saturated carbocycles. The number of para-hydroxylation sites is 1. The van der Waals surface area contributed by atoms with Crippen LogP contribution in [-0.2, 0) is 16.0 Å². The highest BCUT2D eigenvalue weighted by molar-refractivity contribution is 7.99. The average Bonchev–Trinajstić information content (AvgIpc) is 2.88. The van der Waals surface area contributed by atoms with Gasteiger partial charge < -0.3 is 19.9 Å². The van der Waals surface area contributed by atoms with Crippen LogP contribution in [0.15, 0.2) is 94.7 Å². The maximum absolute atomic E-state index is 12.5. The van der Waals surface area contributed by atoms with Crippen molar-refractivity contribution in [2.75, 3.05) is 25.1 Å². The highest BCUT2D eigenvalue weighted by atomic mass is 32.2. The molecule has 0 unspecified atom stereocenters. The van der Waals surface area contributed by atoms with Crippen LogP contribution in [0.1, 0.15) is 22.8 Å². The third-order valence-electron chi connectivity index (χ3n) is 5.44. The van der Waals surface area contributed by atoms with Crippen LogP contribution in [0, 0.1) is 0 Å². The standard InChI is InChI=1S/C29H27NO5S/c1-2-34-15-16-35-23-11-9-21-10-14-25(19-22(21)18-23)36-24-12-7-20(8-13-24)17-28(31)30-27-6-4-3-5-26(27)29(32)33/h3-14,18-19H,2,15-17H2,1H3,(H,30,31)(H,32,33). The summed E-state index contributed by atoms with van der Waals surface area (Å²) in [6, 6.07) is 26.5. The van der Waals surface area contributed by atoms with Crippen LogP contribution in [0.2, 0.25) is 0 Å². The minimum atomic E-state index is -1.08.